The standard InChI is InChI=1S/C23H24N2O5/c1-27-19-14-16(15-20(28-2)22(19)29-3)21-18(10-7-11-24-21)23(26)25-12-13-30-17-8-5-4-6-9-17/h4-11,14-15H,12-13H2,1-3H3,(H,25,26). The van der Waals surface area contributed by atoms with Crippen molar-refractivity contribution in [3.8, 4) is 34.3 Å². The summed E-state index contributed by atoms with van der Waals surface area (Å²) >= 11 is 0. The van der Waals surface area contributed by atoms with Gasteiger partial charge in [0.15, 0.2) is 11.5 Å². The zero-order valence-corrected chi connectivity index (χ0v) is 17.2. The molecule has 1 heterocycles. The van der Waals surface area contributed by atoms with E-state index in [1.807, 2.05) is 30.3 Å². The molecule has 0 bridgehead atoms. The van der Waals surface area contributed by atoms with Gasteiger partial charge in [-0.1, -0.05) is 18.2 Å². The lowest BCUT2D eigenvalue weighted by molar-refractivity contribution is 0.0947. The van der Waals surface area contributed by atoms with Gasteiger partial charge in [-0.2, -0.15) is 0 Å². The van der Waals surface area contributed by atoms with E-state index >= 15 is 0 Å². The van der Waals surface area contributed by atoms with Crippen LogP contribution < -0.4 is 24.3 Å². The maximum Gasteiger partial charge on any atom is 0.253 e. The average molecular weight is 408 g/mol. The van der Waals surface area contributed by atoms with Crippen molar-refractivity contribution in [1.29, 1.82) is 0 Å². The van der Waals surface area contributed by atoms with Crippen molar-refractivity contribution in [3.05, 3.63) is 66.4 Å². The molecule has 7 heteroatoms. The summed E-state index contributed by atoms with van der Waals surface area (Å²) in [4.78, 5) is 17.2. The number of pyridine rings is 1. The molecule has 0 saturated heterocycles. The highest BCUT2D eigenvalue weighted by Crippen LogP contribution is 2.41. The van der Waals surface area contributed by atoms with Crippen molar-refractivity contribution < 1.29 is 23.7 Å². The highest BCUT2D eigenvalue weighted by molar-refractivity contribution is 6.00. The molecule has 1 aromatic heterocycles. The Morgan fingerprint density at radius 1 is 0.933 bits per heavy atom. The minimum Gasteiger partial charge on any atom is -0.493 e. The molecule has 0 spiro atoms. The van der Waals surface area contributed by atoms with Gasteiger partial charge in [0.2, 0.25) is 5.75 Å². The molecule has 3 aromatic rings. The average Bonchev–Trinajstić information content (AvgIpc) is 2.81. The molecule has 0 atom stereocenters. The summed E-state index contributed by atoms with van der Waals surface area (Å²) < 4.78 is 21.8. The summed E-state index contributed by atoms with van der Waals surface area (Å²) in [6.07, 6.45) is 1.63. The first-order chi connectivity index (χ1) is 14.7. The Bertz CT molecular complexity index is 967. The number of benzene rings is 2. The highest BCUT2D eigenvalue weighted by Gasteiger charge is 2.19. The van der Waals surface area contributed by atoms with Crippen LogP contribution in [0.25, 0.3) is 11.3 Å². The number of aromatic nitrogens is 1. The van der Waals surface area contributed by atoms with Crippen LogP contribution >= 0.6 is 0 Å². The normalized spacial score (nSPS) is 10.2. The summed E-state index contributed by atoms with van der Waals surface area (Å²) in [6, 6.07) is 16.4. The molecular formula is C23H24N2O5. The number of amides is 1. The van der Waals surface area contributed by atoms with Crippen LogP contribution in [0.2, 0.25) is 0 Å². The number of hydrogen-bond acceptors (Lipinski definition) is 6. The van der Waals surface area contributed by atoms with Crippen molar-refractivity contribution in [1.82, 2.24) is 10.3 Å². The molecule has 0 fully saturated rings. The Hall–Kier alpha value is -3.74. The molecule has 2 aromatic carbocycles. The Labute approximate surface area is 175 Å². The Morgan fingerprint density at radius 3 is 2.27 bits per heavy atom. The maximum absolute atomic E-state index is 12.8. The Kier molecular flexibility index (Phi) is 7.10. The smallest absolute Gasteiger partial charge is 0.253 e. The van der Waals surface area contributed by atoms with Crippen LogP contribution in [-0.4, -0.2) is 45.4 Å². The number of para-hydroxylation sites is 1. The third-order valence-corrected chi connectivity index (χ3v) is 4.39. The summed E-state index contributed by atoms with van der Waals surface area (Å²) in [5.41, 5.74) is 1.63. The van der Waals surface area contributed by atoms with Gasteiger partial charge >= 0.3 is 0 Å². The number of nitrogens with one attached hydrogen (secondary N) is 1. The second-order valence-electron chi connectivity index (χ2n) is 6.23. The van der Waals surface area contributed by atoms with Crippen LogP contribution in [0.1, 0.15) is 10.4 Å². The number of carbonyl (C=O) groups is 1. The third-order valence-electron chi connectivity index (χ3n) is 4.39. The van der Waals surface area contributed by atoms with Crippen LogP contribution in [-0.2, 0) is 0 Å². The van der Waals surface area contributed by atoms with Gasteiger partial charge in [0.25, 0.3) is 5.91 Å². The van der Waals surface area contributed by atoms with Crippen LogP contribution in [0.3, 0.4) is 0 Å². The maximum atomic E-state index is 12.8. The number of methoxy groups -OCH3 is 3. The monoisotopic (exact) mass is 408 g/mol. The predicted octanol–water partition coefficient (Wildman–Crippen LogP) is 3.58. The van der Waals surface area contributed by atoms with E-state index in [4.69, 9.17) is 18.9 Å². The summed E-state index contributed by atoms with van der Waals surface area (Å²) in [5.74, 6) is 1.96. The fourth-order valence-electron chi connectivity index (χ4n) is 2.98. The van der Waals surface area contributed by atoms with Gasteiger partial charge in [-0.15, -0.1) is 0 Å². The first-order valence-electron chi connectivity index (χ1n) is 9.39. The molecule has 0 aliphatic carbocycles. The first-order valence-corrected chi connectivity index (χ1v) is 9.39. The second kappa shape index (κ2) is 10.2. The van der Waals surface area contributed by atoms with E-state index in [0.29, 0.717) is 47.2 Å². The lowest BCUT2D eigenvalue weighted by Gasteiger charge is -2.15. The number of hydrogen-bond donors (Lipinski definition) is 1. The first kappa shape index (κ1) is 21.0. The van der Waals surface area contributed by atoms with E-state index in [0.717, 1.165) is 5.75 Å². The molecule has 0 saturated carbocycles. The van der Waals surface area contributed by atoms with E-state index in [2.05, 4.69) is 10.3 Å². The fourth-order valence-corrected chi connectivity index (χ4v) is 2.98. The Morgan fingerprint density at radius 2 is 1.63 bits per heavy atom. The van der Waals surface area contributed by atoms with Gasteiger partial charge < -0.3 is 24.3 Å². The van der Waals surface area contributed by atoms with Crippen molar-refractivity contribution >= 4 is 5.91 Å². The zero-order valence-electron chi connectivity index (χ0n) is 17.2. The van der Waals surface area contributed by atoms with E-state index < -0.39 is 0 Å². The van der Waals surface area contributed by atoms with Gasteiger partial charge in [0.1, 0.15) is 12.4 Å². The van der Waals surface area contributed by atoms with Crippen molar-refractivity contribution in [3.63, 3.8) is 0 Å². The van der Waals surface area contributed by atoms with Gasteiger partial charge in [-0.25, -0.2) is 0 Å². The molecule has 1 N–H and O–H groups in total. The van der Waals surface area contributed by atoms with Crippen LogP contribution in [0.4, 0.5) is 0 Å². The van der Waals surface area contributed by atoms with Gasteiger partial charge in [0.05, 0.1) is 39.1 Å². The lowest BCUT2D eigenvalue weighted by atomic mass is 10.0. The number of carbonyl (C=O) groups excluding carboxylic acids is 1. The van der Waals surface area contributed by atoms with Gasteiger partial charge in [-0.3, -0.25) is 9.78 Å². The van der Waals surface area contributed by atoms with E-state index in [-0.39, 0.29) is 5.91 Å². The number of ether oxygens (including phenoxy) is 4. The van der Waals surface area contributed by atoms with E-state index in [9.17, 15) is 4.79 Å². The van der Waals surface area contributed by atoms with E-state index in [1.165, 1.54) is 7.11 Å². The van der Waals surface area contributed by atoms with Gasteiger partial charge in [-0.05, 0) is 36.4 Å². The fraction of sp³-hybridized carbons (Fsp3) is 0.217. The molecular weight excluding hydrogens is 384 g/mol. The van der Waals surface area contributed by atoms with Crippen LogP contribution in [0, 0.1) is 0 Å². The minimum atomic E-state index is -0.247. The molecule has 7 nitrogen and oxygen atoms in total. The summed E-state index contributed by atoms with van der Waals surface area (Å²) in [6.45, 7) is 0.715. The lowest BCUT2D eigenvalue weighted by Crippen LogP contribution is -2.28. The summed E-state index contributed by atoms with van der Waals surface area (Å²) in [5, 5.41) is 2.87. The zero-order chi connectivity index (χ0) is 21.3. The molecule has 0 aliphatic heterocycles. The minimum absolute atomic E-state index is 0.247. The molecule has 0 unspecified atom stereocenters. The van der Waals surface area contributed by atoms with Gasteiger partial charge in [0, 0.05) is 11.8 Å². The highest BCUT2D eigenvalue weighted by atomic mass is 16.5. The molecule has 1 amide bonds. The van der Waals surface area contributed by atoms with Crippen molar-refractivity contribution in [2.75, 3.05) is 34.5 Å². The Balaban J connectivity index is 1.78. The van der Waals surface area contributed by atoms with Crippen LogP contribution in [0.15, 0.2) is 60.8 Å². The van der Waals surface area contributed by atoms with Crippen LogP contribution in [0.5, 0.6) is 23.0 Å². The third kappa shape index (κ3) is 4.81. The second-order valence-corrected chi connectivity index (χ2v) is 6.23. The predicted molar refractivity (Wildman–Crippen MR) is 114 cm³/mol. The largest absolute Gasteiger partial charge is 0.493 e. The molecule has 0 aliphatic rings. The number of rotatable bonds is 9. The molecule has 30 heavy (non-hydrogen) atoms. The van der Waals surface area contributed by atoms with Crippen molar-refractivity contribution in [2.24, 2.45) is 0 Å². The van der Waals surface area contributed by atoms with Crippen molar-refractivity contribution in [2.45, 2.75) is 0 Å². The molecule has 0 radical (unpaired) electrons. The SMILES string of the molecule is COc1cc(-c2ncccc2C(=O)NCCOc2ccccc2)cc(OC)c1OC. The molecule has 156 valence electrons. The number of nitrogens with zero attached hydrogens (tertiary/aromatic N) is 1. The van der Waals surface area contributed by atoms with E-state index in [1.54, 1.807) is 44.7 Å². The topological polar surface area (TPSA) is 78.9 Å². The molecule has 3 rings (SSSR count). The quantitative estimate of drug-likeness (QED) is 0.545. The summed E-state index contributed by atoms with van der Waals surface area (Å²) in [7, 11) is 4.62.